The van der Waals surface area contributed by atoms with Gasteiger partial charge in [-0.3, -0.25) is 0 Å². The van der Waals surface area contributed by atoms with Crippen LogP contribution in [0.4, 0.5) is 0 Å². The zero-order valence-electron chi connectivity index (χ0n) is 11.6. The molecule has 1 N–H and O–H groups in total. The molecule has 0 aliphatic heterocycles. The van der Waals surface area contributed by atoms with Crippen molar-refractivity contribution >= 4 is 51.2 Å². The predicted molar refractivity (Wildman–Crippen MR) is 97.7 cm³/mol. The van der Waals surface area contributed by atoms with Crippen LogP contribution < -0.4 is 4.74 Å². The Morgan fingerprint density at radius 3 is 2.45 bits per heavy atom. The van der Waals surface area contributed by atoms with Crippen molar-refractivity contribution in [1.82, 2.24) is 0 Å². The van der Waals surface area contributed by atoms with Crippen LogP contribution in [0.15, 0.2) is 12.1 Å². The van der Waals surface area contributed by atoms with Gasteiger partial charge in [-0.25, -0.2) is 4.79 Å². The van der Waals surface area contributed by atoms with E-state index in [1.54, 1.807) is 6.07 Å². The molecule has 1 rings (SSSR count). The fourth-order valence-corrected chi connectivity index (χ4v) is 3.92. The smallest absolute Gasteiger partial charge is 0.339 e. The molecule has 0 spiro atoms. The van der Waals surface area contributed by atoms with Gasteiger partial charge in [0.05, 0.1) is 10.2 Å². The number of ether oxygens (including phenoxy) is 1. The predicted octanol–water partition coefficient (Wildman–Crippen LogP) is 5.33. The van der Waals surface area contributed by atoms with Crippen molar-refractivity contribution in [1.29, 1.82) is 0 Å². The fourth-order valence-electron chi connectivity index (χ4n) is 1.92. The highest BCUT2D eigenvalue weighted by Gasteiger charge is 2.15. The third kappa shape index (κ3) is 6.15. The Morgan fingerprint density at radius 1 is 1.15 bits per heavy atom. The highest BCUT2D eigenvalue weighted by molar-refractivity contribution is 14.1. The number of hydrogen-bond donors (Lipinski definition) is 1. The second-order valence-electron chi connectivity index (χ2n) is 4.69. The van der Waals surface area contributed by atoms with Gasteiger partial charge in [0.15, 0.2) is 0 Å². The number of carbonyl (C=O) groups is 1. The molecule has 0 saturated heterocycles. The van der Waals surface area contributed by atoms with E-state index >= 15 is 0 Å². The summed E-state index contributed by atoms with van der Waals surface area (Å²) in [7, 11) is 0. The maximum atomic E-state index is 11.2. The summed E-state index contributed by atoms with van der Waals surface area (Å²) in [6, 6.07) is 3.59. The summed E-state index contributed by atoms with van der Waals surface area (Å²) >= 11 is 4.25. The molecule has 3 nitrogen and oxygen atoms in total. The third-order valence-corrected chi connectivity index (χ3v) is 4.41. The minimum atomic E-state index is -0.931. The molecule has 0 heterocycles. The van der Waals surface area contributed by atoms with E-state index in [-0.39, 0.29) is 5.56 Å². The first-order valence-electron chi connectivity index (χ1n) is 6.91. The number of rotatable bonds is 9. The first-order valence-corrected chi connectivity index (χ1v) is 9.07. The third-order valence-electron chi connectivity index (χ3n) is 2.98. The van der Waals surface area contributed by atoms with Gasteiger partial charge in [-0.05, 0) is 63.7 Å². The average Bonchev–Trinajstić information content (AvgIpc) is 2.39. The van der Waals surface area contributed by atoms with E-state index in [0.29, 0.717) is 12.4 Å². The molecule has 0 aromatic heterocycles. The lowest BCUT2D eigenvalue weighted by Crippen LogP contribution is -2.07. The maximum Gasteiger partial charge on any atom is 0.339 e. The summed E-state index contributed by atoms with van der Waals surface area (Å²) in [6.07, 6.45) is 7.16. The van der Waals surface area contributed by atoms with Crippen LogP contribution in [0.5, 0.6) is 5.75 Å². The molecule has 0 bridgehead atoms. The van der Waals surface area contributed by atoms with Gasteiger partial charge in [-0.15, -0.1) is 0 Å². The van der Waals surface area contributed by atoms with Crippen LogP contribution >= 0.6 is 45.2 Å². The van der Waals surface area contributed by atoms with Gasteiger partial charge in [0, 0.05) is 3.57 Å². The van der Waals surface area contributed by atoms with Crippen molar-refractivity contribution < 1.29 is 14.6 Å². The van der Waals surface area contributed by atoms with Gasteiger partial charge in [0.1, 0.15) is 11.3 Å². The molecule has 20 heavy (non-hydrogen) atoms. The Bertz CT molecular complexity index is 447. The van der Waals surface area contributed by atoms with Crippen molar-refractivity contribution in [2.45, 2.75) is 45.4 Å². The molecule has 1 aromatic carbocycles. The standard InChI is InChI=1S/C15H20I2O3/c1-2-3-4-5-6-7-8-20-14-12(15(18)19)9-11(16)10-13(14)17/h9-10H,2-8H2,1H3,(H,18,19). The number of aromatic carboxylic acids is 1. The van der Waals surface area contributed by atoms with E-state index in [2.05, 4.69) is 52.1 Å². The van der Waals surface area contributed by atoms with E-state index in [9.17, 15) is 9.90 Å². The molecule has 112 valence electrons. The number of hydrogen-bond acceptors (Lipinski definition) is 2. The summed E-state index contributed by atoms with van der Waals surface area (Å²) < 4.78 is 7.47. The summed E-state index contributed by atoms with van der Waals surface area (Å²) in [6.45, 7) is 2.79. The molecule has 1 aromatic rings. The highest BCUT2D eigenvalue weighted by atomic mass is 127. The number of carboxylic acids is 1. The highest BCUT2D eigenvalue weighted by Crippen LogP contribution is 2.28. The largest absolute Gasteiger partial charge is 0.492 e. The summed E-state index contributed by atoms with van der Waals surface area (Å²) in [5.41, 5.74) is 0.257. The molecular formula is C15H20I2O3. The van der Waals surface area contributed by atoms with Gasteiger partial charge in [-0.2, -0.15) is 0 Å². The first kappa shape index (κ1) is 18.0. The van der Waals surface area contributed by atoms with Gasteiger partial charge >= 0.3 is 5.97 Å². The van der Waals surface area contributed by atoms with Gasteiger partial charge in [0.2, 0.25) is 0 Å². The topological polar surface area (TPSA) is 46.5 Å². The van der Waals surface area contributed by atoms with Crippen molar-refractivity contribution in [3.63, 3.8) is 0 Å². The van der Waals surface area contributed by atoms with Crippen molar-refractivity contribution in [3.8, 4) is 5.75 Å². The van der Waals surface area contributed by atoms with E-state index < -0.39 is 5.97 Å². The minimum Gasteiger partial charge on any atom is -0.492 e. The molecule has 5 heteroatoms. The Labute approximate surface area is 147 Å². The molecule has 0 aliphatic rings. The van der Waals surface area contributed by atoms with Crippen LogP contribution in [-0.2, 0) is 0 Å². The lowest BCUT2D eigenvalue weighted by atomic mass is 10.1. The van der Waals surface area contributed by atoms with Crippen LogP contribution in [0.25, 0.3) is 0 Å². The number of benzene rings is 1. The van der Waals surface area contributed by atoms with Gasteiger partial charge in [0.25, 0.3) is 0 Å². The zero-order chi connectivity index (χ0) is 15.0. The first-order chi connectivity index (χ1) is 9.56. The normalized spacial score (nSPS) is 10.6. The Morgan fingerprint density at radius 2 is 1.80 bits per heavy atom. The Hall–Kier alpha value is -0.0500. The van der Waals surface area contributed by atoms with Crippen molar-refractivity contribution in [3.05, 3.63) is 24.8 Å². The molecule has 0 unspecified atom stereocenters. The summed E-state index contributed by atoms with van der Waals surface area (Å²) in [4.78, 5) is 11.2. The average molecular weight is 502 g/mol. The molecule has 0 atom stereocenters. The molecular weight excluding hydrogens is 482 g/mol. The van der Waals surface area contributed by atoms with Gasteiger partial charge in [-0.1, -0.05) is 39.0 Å². The van der Waals surface area contributed by atoms with Crippen LogP contribution in [0.3, 0.4) is 0 Å². The van der Waals surface area contributed by atoms with E-state index in [1.165, 1.54) is 25.7 Å². The van der Waals surface area contributed by atoms with Crippen LogP contribution in [0, 0.1) is 7.14 Å². The van der Waals surface area contributed by atoms with Crippen LogP contribution in [-0.4, -0.2) is 17.7 Å². The number of halogens is 2. The lowest BCUT2D eigenvalue weighted by Gasteiger charge is -2.11. The number of carboxylic acid groups (broad SMARTS) is 1. The summed E-state index contributed by atoms with van der Waals surface area (Å²) in [5.74, 6) is -0.425. The minimum absolute atomic E-state index is 0.257. The Kier molecular flexibility index (Phi) is 8.83. The van der Waals surface area contributed by atoms with E-state index in [4.69, 9.17) is 4.74 Å². The molecule has 0 aliphatic carbocycles. The fraction of sp³-hybridized carbons (Fsp3) is 0.533. The maximum absolute atomic E-state index is 11.2. The molecule has 0 radical (unpaired) electrons. The summed E-state index contributed by atoms with van der Waals surface area (Å²) in [5, 5.41) is 9.23. The van der Waals surface area contributed by atoms with Crippen LogP contribution in [0.2, 0.25) is 0 Å². The lowest BCUT2D eigenvalue weighted by molar-refractivity contribution is 0.0692. The van der Waals surface area contributed by atoms with Gasteiger partial charge < -0.3 is 9.84 Å². The quantitative estimate of drug-likeness (QED) is 0.367. The number of unbranched alkanes of at least 4 members (excludes halogenated alkanes) is 5. The molecule has 0 saturated carbocycles. The van der Waals surface area contributed by atoms with Crippen molar-refractivity contribution in [2.75, 3.05) is 6.61 Å². The second-order valence-corrected chi connectivity index (χ2v) is 7.09. The molecule has 0 fully saturated rings. The SMILES string of the molecule is CCCCCCCCOc1c(I)cc(I)cc1C(=O)O. The second kappa shape index (κ2) is 9.81. The molecule has 0 amide bonds. The van der Waals surface area contributed by atoms with Crippen molar-refractivity contribution in [2.24, 2.45) is 0 Å². The van der Waals surface area contributed by atoms with Crippen LogP contribution in [0.1, 0.15) is 55.8 Å². The van der Waals surface area contributed by atoms with E-state index in [0.717, 1.165) is 20.0 Å². The Balaban J connectivity index is 2.49. The van der Waals surface area contributed by atoms with E-state index in [1.807, 2.05) is 6.07 Å². The monoisotopic (exact) mass is 502 g/mol. The zero-order valence-corrected chi connectivity index (χ0v) is 15.9.